The van der Waals surface area contributed by atoms with Gasteiger partial charge in [-0.15, -0.1) is 6.58 Å². The van der Waals surface area contributed by atoms with Crippen molar-refractivity contribution < 1.29 is 14.3 Å². The van der Waals surface area contributed by atoms with Crippen LogP contribution in [0.15, 0.2) is 61.3 Å². The van der Waals surface area contributed by atoms with E-state index < -0.39 is 0 Å². The van der Waals surface area contributed by atoms with Crippen molar-refractivity contribution in [2.45, 2.75) is 12.6 Å². The van der Waals surface area contributed by atoms with Gasteiger partial charge in [0, 0.05) is 43.0 Å². The molecule has 3 heterocycles. The van der Waals surface area contributed by atoms with Crippen molar-refractivity contribution in [2.24, 2.45) is 7.05 Å². The highest BCUT2D eigenvalue weighted by Gasteiger charge is 2.34. The van der Waals surface area contributed by atoms with E-state index in [1.54, 1.807) is 15.7 Å². The number of nitrogens with zero attached hydrogens (tertiary/aromatic N) is 3. The fourth-order valence-electron chi connectivity index (χ4n) is 4.11. The summed E-state index contributed by atoms with van der Waals surface area (Å²) in [6.45, 7) is 5.52. The zero-order chi connectivity index (χ0) is 21.4. The minimum absolute atomic E-state index is 0.0345. The predicted octanol–water partition coefficient (Wildman–Crippen LogP) is 4.00. The van der Waals surface area contributed by atoms with Gasteiger partial charge in [0.15, 0.2) is 11.5 Å². The molecule has 3 aromatic rings. The van der Waals surface area contributed by atoms with Crippen molar-refractivity contribution in [3.8, 4) is 22.8 Å². The molecule has 0 bridgehead atoms. The van der Waals surface area contributed by atoms with E-state index >= 15 is 0 Å². The van der Waals surface area contributed by atoms with Crippen molar-refractivity contribution in [2.75, 3.05) is 25.1 Å². The lowest BCUT2D eigenvalue weighted by Crippen LogP contribution is -2.43. The van der Waals surface area contributed by atoms with Crippen molar-refractivity contribution in [3.63, 3.8) is 0 Å². The standard InChI is InChI=1S/C24H24N4O3/c1-3-11-28-23(25-19-8-5-4-7-17(19)24(28)29)18-15-27(2)26-22(18)16-9-10-20-21(14-16)31-13-6-12-30-20/h3-5,7-10,14-15,23,25H,1,6,11-13H2,2H3/t23-/m0/s1. The van der Waals surface area contributed by atoms with Crippen LogP contribution in [0.2, 0.25) is 0 Å². The summed E-state index contributed by atoms with van der Waals surface area (Å²) in [5.74, 6) is 1.42. The third-order valence-corrected chi connectivity index (χ3v) is 5.52. The first-order chi connectivity index (χ1) is 15.2. The first-order valence-corrected chi connectivity index (χ1v) is 10.4. The average molecular weight is 416 g/mol. The van der Waals surface area contributed by atoms with Gasteiger partial charge < -0.3 is 19.7 Å². The van der Waals surface area contributed by atoms with Gasteiger partial charge in [0.2, 0.25) is 0 Å². The fraction of sp³-hybridized carbons (Fsp3) is 0.250. The highest BCUT2D eigenvalue weighted by molar-refractivity contribution is 6.02. The predicted molar refractivity (Wildman–Crippen MR) is 118 cm³/mol. The second-order valence-electron chi connectivity index (χ2n) is 7.66. The number of rotatable bonds is 4. The molecule has 1 atom stereocenters. The number of hydrogen-bond acceptors (Lipinski definition) is 5. The van der Waals surface area contributed by atoms with Crippen LogP contribution in [0.1, 0.15) is 28.5 Å². The molecule has 0 radical (unpaired) electrons. The lowest BCUT2D eigenvalue weighted by Gasteiger charge is -2.37. The summed E-state index contributed by atoms with van der Waals surface area (Å²) in [6.07, 6.45) is 4.17. The van der Waals surface area contributed by atoms with Gasteiger partial charge in [0.05, 0.1) is 24.5 Å². The van der Waals surface area contributed by atoms with Crippen molar-refractivity contribution in [3.05, 3.63) is 72.4 Å². The molecule has 1 amide bonds. The molecule has 2 aliphatic heterocycles. The molecular weight excluding hydrogens is 392 g/mol. The summed E-state index contributed by atoms with van der Waals surface area (Å²) in [5, 5.41) is 8.24. The van der Waals surface area contributed by atoms with Crippen LogP contribution < -0.4 is 14.8 Å². The Hall–Kier alpha value is -3.74. The zero-order valence-corrected chi connectivity index (χ0v) is 17.4. The Kier molecular flexibility index (Phi) is 4.86. The average Bonchev–Trinajstić information content (AvgIpc) is 3.01. The Morgan fingerprint density at radius 2 is 2.00 bits per heavy atom. The second-order valence-corrected chi connectivity index (χ2v) is 7.66. The Morgan fingerprint density at radius 3 is 2.84 bits per heavy atom. The molecule has 0 fully saturated rings. The topological polar surface area (TPSA) is 68.6 Å². The molecule has 7 nitrogen and oxygen atoms in total. The van der Waals surface area contributed by atoms with Crippen LogP contribution in [-0.2, 0) is 7.05 Å². The van der Waals surface area contributed by atoms with E-state index in [4.69, 9.17) is 14.6 Å². The summed E-state index contributed by atoms with van der Waals surface area (Å²) in [4.78, 5) is 15.0. The van der Waals surface area contributed by atoms with Crippen LogP contribution in [0.4, 0.5) is 5.69 Å². The van der Waals surface area contributed by atoms with E-state index in [9.17, 15) is 4.79 Å². The number of ether oxygens (including phenoxy) is 2. The van der Waals surface area contributed by atoms with E-state index in [2.05, 4.69) is 11.9 Å². The van der Waals surface area contributed by atoms with Crippen LogP contribution in [-0.4, -0.2) is 40.3 Å². The van der Waals surface area contributed by atoms with Crippen molar-refractivity contribution in [1.29, 1.82) is 0 Å². The molecule has 5 rings (SSSR count). The molecule has 0 unspecified atom stereocenters. The van der Waals surface area contributed by atoms with Gasteiger partial charge in [-0.25, -0.2) is 0 Å². The number of benzene rings is 2. The van der Waals surface area contributed by atoms with Crippen LogP contribution in [0.5, 0.6) is 11.5 Å². The van der Waals surface area contributed by atoms with Crippen molar-refractivity contribution >= 4 is 11.6 Å². The van der Waals surface area contributed by atoms with Crippen LogP contribution in [0.3, 0.4) is 0 Å². The first kappa shape index (κ1) is 19.2. The molecule has 2 aromatic carbocycles. The zero-order valence-electron chi connectivity index (χ0n) is 17.4. The van der Waals surface area contributed by atoms with Crippen LogP contribution in [0.25, 0.3) is 11.3 Å². The Morgan fingerprint density at radius 1 is 1.19 bits per heavy atom. The highest BCUT2D eigenvalue weighted by atomic mass is 16.5. The molecule has 0 spiro atoms. The molecule has 1 aromatic heterocycles. The van der Waals surface area contributed by atoms with Gasteiger partial charge in [-0.2, -0.15) is 5.10 Å². The highest BCUT2D eigenvalue weighted by Crippen LogP contribution is 2.39. The number of carbonyl (C=O) groups excluding carboxylic acids is 1. The smallest absolute Gasteiger partial charge is 0.258 e. The maximum Gasteiger partial charge on any atom is 0.258 e. The molecule has 2 aliphatic rings. The number of fused-ring (bicyclic) bond motifs is 2. The normalized spacial score (nSPS) is 17.5. The van der Waals surface area contributed by atoms with E-state index in [1.165, 1.54) is 0 Å². The van der Waals surface area contributed by atoms with E-state index in [0.29, 0.717) is 31.1 Å². The summed E-state index contributed by atoms with van der Waals surface area (Å²) in [6, 6.07) is 13.4. The largest absolute Gasteiger partial charge is 0.490 e. The number of nitrogens with one attached hydrogen (secondary N) is 1. The van der Waals surface area contributed by atoms with E-state index in [0.717, 1.165) is 34.7 Å². The molecule has 7 heteroatoms. The number of para-hydroxylation sites is 1. The second kappa shape index (κ2) is 7.83. The molecule has 31 heavy (non-hydrogen) atoms. The minimum Gasteiger partial charge on any atom is -0.490 e. The molecule has 1 N–H and O–H groups in total. The van der Waals surface area contributed by atoms with Crippen molar-refractivity contribution in [1.82, 2.24) is 14.7 Å². The Balaban J connectivity index is 1.59. The maximum absolute atomic E-state index is 13.2. The number of anilines is 1. The van der Waals surface area contributed by atoms with Crippen LogP contribution in [0, 0.1) is 0 Å². The lowest BCUT2D eigenvalue weighted by molar-refractivity contribution is 0.0708. The number of aromatic nitrogens is 2. The van der Waals surface area contributed by atoms with Crippen LogP contribution >= 0.6 is 0 Å². The molecule has 0 aliphatic carbocycles. The third kappa shape index (κ3) is 3.42. The number of carbonyl (C=O) groups is 1. The third-order valence-electron chi connectivity index (χ3n) is 5.52. The van der Waals surface area contributed by atoms with Gasteiger partial charge in [-0.1, -0.05) is 18.2 Å². The van der Waals surface area contributed by atoms with E-state index in [-0.39, 0.29) is 12.1 Å². The quantitative estimate of drug-likeness (QED) is 0.651. The SMILES string of the molecule is C=CCN1C(=O)c2ccccc2N[C@@H]1c1cn(C)nc1-c1ccc2c(c1)OCCCO2. The number of aryl methyl sites for hydroxylation is 1. The monoisotopic (exact) mass is 416 g/mol. The van der Waals surface area contributed by atoms with Gasteiger partial charge in [0.1, 0.15) is 6.17 Å². The fourth-order valence-corrected chi connectivity index (χ4v) is 4.11. The number of amides is 1. The summed E-state index contributed by atoms with van der Waals surface area (Å²) >= 11 is 0. The Bertz CT molecular complexity index is 1150. The summed E-state index contributed by atoms with van der Waals surface area (Å²) in [5.41, 5.74) is 4.07. The Labute approximate surface area is 180 Å². The number of hydrogen-bond donors (Lipinski definition) is 1. The first-order valence-electron chi connectivity index (χ1n) is 10.4. The lowest BCUT2D eigenvalue weighted by atomic mass is 10.0. The van der Waals surface area contributed by atoms with Gasteiger partial charge >= 0.3 is 0 Å². The molecule has 158 valence electrons. The van der Waals surface area contributed by atoms with Gasteiger partial charge in [-0.05, 0) is 30.3 Å². The molecule has 0 saturated heterocycles. The van der Waals surface area contributed by atoms with Gasteiger partial charge in [0.25, 0.3) is 5.91 Å². The molecule has 0 saturated carbocycles. The summed E-state index contributed by atoms with van der Waals surface area (Å²) < 4.78 is 13.4. The maximum atomic E-state index is 13.2. The van der Waals surface area contributed by atoms with Gasteiger partial charge in [-0.3, -0.25) is 9.48 Å². The summed E-state index contributed by atoms with van der Waals surface area (Å²) in [7, 11) is 1.88. The molecular formula is C24H24N4O3. The minimum atomic E-state index is -0.375. The van der Waals surface area contributed by atoms with E-state index in [1.807, 2.05) is 55.7 Å².